The monoisotopic (exact) mass is 532 g/mol. The molecule has 0 saturated heterocycles. The first-order valence-electron chi connectivity index (χ1n) is 10.2. The zero-order chi connectivity index (χ0) is 22.8. The Morgan fingerprint density at radius 3 is 2.55 bits per heavy atom. The second-order valence-electron chi connectivity index (χ2n) is 7.37. The van der Waals surface area contributed by atoms with Crippen molar-refractivity contribution in [2.24, 2.45) is 0 Å². The second-order valence-corrected chi connectivity index (χ2v) is 10.5. The predicted octanol–water partition coefficient (Wildman–Crippen LogP) is 7.44. The van der Waals surface area contributed by atoms with Gasteiger partial charge in [0.1, 0.15) is 0 Å². The van der Waals surface area contributed by atoms with E-state index in [1.165, 1.54) is 23.1 Å². The first-order chi connectivity index (χ1) is 16.1. The first kappa shape index (κ1) is 21.8. The van der Waals surface area contributed by atoms with E-state index in [0.29, 0.717) is 22.6 Å². The second kappa shape index (κ2) is 9.47. The van der Waals surface area contributed by atoms with Gasteiger partial charge in [0.25, 0.3) is 5.91 Å². The highest BCUT2D eigenvalue weighted by Crippen LogP contribution is 2.32. The van der Waals surface area contributed by atoms with Crippen LogP contribution in [0.5, 0.6) is 0 Å². The van der Waals surface area contributed by atoms with Crippen LogP contribution in [0.4, 0.5) is 5.69 Å². The molecule has 1 aromatic heterocycles. The SMILES string of the molecule is O=C(CSc1nc2ccc(NC(=O)c3ccccc3Br)cc2s1)c1ccc2ccccc2c1. The van der Waals surface area contributed by atoms with Crippen LogP contribution >= 0.6 is 39.0 Å². The van der Waals surface area contributed by atoms with Gasteiger partial charge in [-0.2, -0.15) is 0 Å². The quantitative estimate of drug-likeness (QED) is 0.182. The fourth-order valence-electron chi connectivity index (χ4n) is 3.46. The third kappa shape index (κ3) is 4.85. The van der Waals surface area contributed by atoms with Crippen LogP contribution < -0.4 is 5.32 Å². The van der Waals surface area contributed by atoms with Crippen LogP contribution in [0.3, 0.4) is 0 Å². The van der Waals surface area contributed by atoms with Crippen LogP contribution in [-0.2, 0) is 0 Å². The van der Waals surface area contributed by atoms with Crippen molar-refractivity contribution in [2.45, 2.75) is 4.34 Å². The van der Waals surface area contributed by atoms with E-state index >= 15 is 0 Å². The molecule has 33 heavy (non-hydrogen) atoms. The number of rotatable bonds is 6. The van der Waals surface area contributed by atoms with Gasteiger partial charge in [0.05, 0.1) is 21.5 Å². The number of fused-ring (bicyclic) bond motifs is 2. The molecule has 5 aromatic rings. The third-order valence-electron chi connectivity index (χ3n) is 5.14. The number of aromatic nitrogens is 1. The lowest BCUT2D eigenvalue weighted by atomic mass is 10.1. The summed E-state index contributed by atoms with van der Waals surface area (Å²) in [6.07, 6.45) is 0. The smallest absolute Gasteiger partial charge is 0.256 e. The number of Topliss-reactive ketones (excluding diaryl/α,β-unsaturated/α-hetero) is 1. The van der Waals surface area contributed by atoms with Gasteiger partial charge >= 0.3 is 0 Å². The van der Waals surface area contributed by atoms with E-state index < -0.39 is 0 Å². The van der Waals surface area contributed by atoms with Gasteiger partial charge in [-0.15, -0.1) is 11.3 Å². The summed E-state index contributed by atoms with van der Waals surface area (Å²) in [5, 5.41) is 5.12. The number of nitrogens with zero attached hydrogens (tertiary/aromatic N) is 1. The molecule has 162 valence electrons. The van der Waals surface area contributed by atoms with E-state index in [1.54, 1.807) is 6.07 Å². The zero-order valence-electron chi connectivity index (χ0n) is 17.2. The minimum absolute atomic E-state index is 0.0754. The maximum Gasteiger partial charge on any atom is 0.256 e. The lowest BCUT2D eigenvalue weighted by Gasteiger charge is -2.06. The highest BCUT2D eigenvalue weighted by Gasteiger charge is 2.13. The van der Waals surface area contributed by atoms with Crippen molar-refractivity contribution in [3.05, 3.63) is 101 Å². The minimum atomic E-state index is -0.179. The van der Waals surface area contributed by atoms with E-state index in [1.807, 2.05) is 78.9 Å². The van der Waals surface area contributed by atoms with E-state index in [-0.39, 0.29) is 11.7 Å². The first-order valence-corrected chi connectivity index (χ1v) is 12.8. The highest BCUT2D eigenvalue weighted by molar-refractivity contribution is 9.10. The molecule has 0 bridgehead atoms. The number of hydrogen-bond donors (Lipinski definition) is 1. The lowest BCUT2D eigenvalue weighted by Crippen LogP contribution is -2.12. The molecule has 0 saturated carbocycles. The fourth-order valence-corrected chi connectivity index (χ4v) is 5.93. The number of ketones is 1. The van der Waals surface area contributed by atoms with Crippen molar-refractivity contribution in [2.75, 3.05) is 11.1 Å². The number of hydrogen-bond acceptors (Lipinski definition) is 5. The van der Waals surface area contributed by atoms with Gasteiger partial charge in [0.15, 0.2) is 10.1 Å². The van der Waals surface area contributed by atoms with Crippen molar-refractivity contribution in [3.63, 3.8) is 0 Å². The Morgan fingerprint density at radius 1 is 0.909 bits per heavy atom. The molecule has 0 fully saturated rings. The Morgan fingerprint density at radius 2 is 1.70 bits per heavy atom. The Hall–Kier alpha value is -3.00. The maximum atomic E-state index is 12.7. The van der Waals surface area contributed by atoms with Gasteiger partial charge in [0.2, 0.25) is 0 Å². The Labute approximate surface area is 207 Å². The van der Waals surface area contributed by atoms with Gasteiger partial charge in [0, 0.05) is 15.7 Å². The van der Waals surface area contributed by atoms with E-state index in [0.717, 1.165) is 29.8 Å². The number of anilines is 1. The molecule has 0 aliphatic heterocycles. The van der Waals surface area contributed by atoms with Gasteiger partial charge in [-0.3, -0.25) is 9.59 Å². The Bertz CT molecular complexity index is 1510. The normalized spacial score (nSPS) is 11.1. The molecule has 1 N–H and O–H groups in total. The van der Waals surface area contributed by atoms with Crippen molar-refractivity contribution < 1.29 is 9.59 Å². The number of thiazole rings is 1. The average molecular weight is 533 g/mol. The highest BCUT2D eigenvalue weighted by atomic mass is 79.9. The van der Waals surface area contributed by atoms with Crippen LogP contribution in [0.1, 0.15) is 20.7 Å². The largest absolute Gasteiger partial charge is 0.322 e. The molecular weight excluding hydrogens is 516 g/mol. The van der Waals surface area contributed by atoms with Crippen LogP contribution in [0.25, 0.3) is 21.0 Å². The number of amides is 1. The number of carbonyl (C=O) groups excluding carboxylic acids is 2. The number of thioether (sulfide) groups is 1. The van der Waals surface area contributed by atoms with Crippen molar-refractivity contribution >= 4 is 77.4 Å². The molecule has 5 rings (SSSR count). The van der Waals surface area contributed by atoms with Gasteiger partial charge in [-0.25, -0.2) is 4.98 Å². The van der Waals surface area contributed by atoms with Crippen molar-refractivity contribution in [3.8, 4) is 0 Å². The summed E-state index contributed by atoms with van der Waals surface area (Å²) in [5.74, 6) is 0.220. The molecule has 0 unspecified atom stereocenters. The molecule has 4 aromatic carbocycles. The topological polar surface area (TPSA) is 59.1 Å². The number of benzene rings is 4. The van der Waals surface area contributed by atoms with E-state index in [4.69, 9.17) is 0 Å². The van der Waals surface area contributed by atoms with Gasteiger partial charge in [-0.05, 0) is 63.1 Å². The summed E-state index contributed by atoms with van der Waals surface area (Å²) in [6, 6.07) is 26.8. The number of carbonyl (C=O) groups is 2. The Kier molecular flexibility index (Phi) is 6.26. The third-order valence-corrected chi connectivity index (χ3v) is 8.00. The van der Waals surface area contributed by atoms with Crippen LogP contribution in [0.2, 0.25) is 0 Å². The Balaban J connectivity index is 1.28. The summed E-state index contributed by atoms with van der Waals surface area (Å²) < 4.78 is 2.53. The summed E-state index contributed by atoms with van der Waals surface area (Å²) >= 11 is 6.37. The lowest BCUT2D eigenvalue weighted by molar-refractivity contribution is 0.101. The van der Waals surface area contributed by atoms with Gasteiger partial charge in [-0.1, -0.05) is 60.3 Å². The molecule has 0 radical (unpaired) electrons. The predicted molar refractivity (Wildman–Crippen MR) is 141 cm³/mol. The molecule has 0 atom stereocenters. The fraction of sp³-hybridized carbons (Fsp3) is 0.0385. The molecule has 7 heteroatoms. The van der Waals surface area contributed by atoms with E-state index in [2.05, 4.69) is 26.2 Å². The summed E-state index contributed by atoms with van der Waals surface area (Å²) in [6.45, 7) is 0. The van der Waals surface area contributed by atoms with Crippen molar-refractivity contribution in [1.29, 1.82) is 0 Å². The number of nitrogens with one attached hydrogen (secondary N) is 1. The molecule has 0 aliphatic carbocycles. The van der Waals surface area contributed by atoms with Crippen LogP contribution in [-0.4, -0.2) is 22.4 Å². The van der Waals surface area contributed by atoms with Crippen LogP contribution in [0, 0.1) is 0 Å². The summed E-state index contributed by atoms with van der Waals surface area (Å²) in [5.41, 5.74) is 2.83. The molecule has 1 heterocycles. The minimum Gasteiger partial charge on any atom is -0.322 e. The molecule has 1 amide bonds. The average Bonchev–Trinajstić information content (AvgIpc) is 3.24. The molecule has 4 nitrogen and oxygen atoms in total. The maximum absolute atomic E-state index is 12.7. The zero-order valence-corrected chi connectivity index (χ0v) is 20.5. The molecule has 0 aliphatic rings. The summed E-state index contributed by atoms with van der Waals surface area (Å²) in [7, 11) is 0. The number of halogens is 1. The van der Waals surface area contributed by atoms with E-state index in [9.17, 15) is 9.59 Å². The van der Waals surface area contributed by atoms with Crippen molar-refractivity contribution in [1.82, 2.24) is 4.98 Å². The molecular formula is C26H17BrN2O2S2. The van der Waals surface area contributed by atoms with Crippen LogP contribution in [0.15, 0.2) is 93.7 Å². The summed E-state index contributed by atoms with van der Waals surface area (Å²) in [4.78, 5) is 29.9. The van der Waals surface area contributed by atoms with Gasteiger partial charge < -0.3 is 5.32 Å². The standard InChI is InChI=1S/C26H17BrN2O2S2/c27-21-8-4-3-7-20(21)25(31)28-19-11-12-22-24(14-19)33-26(29-22)32-15-23(30)18-10-9-16-5-1-2-6-17(16)13-18/h1-14H,15H2,(H,28,31). The molecule has 0 spiro atoms.